The normalized spacial score (nSPS) is 11.9. The van der Waals surface area contributed by atoms with Gasteiger partial charge in [-0.25, -0.2) is 4.79 Å². The molecule has 2 rings (SSSR count). The number of carbonyl (C=O) groups excluding carboxylic acids is 1. The molecule has 21 heavy (non-hydrogen) atoms. The summed E-state index contributed by atoms with van der Waals surface area (Å²) < 4.78 is 2.13. The highest BCUT2D eigenvalue weighted by molar-refractivity contribution is 5.93. The zero-order chi connectivity index (χ0) is 15.2. The second-order valence-electron chi connectivity index (χ2n) is 4.94. The number of fused-ring (bicyclic) bond motifs is 1. The molecule has 1 heterocycles. The fourth-order valence-corrected chi connectivity index (χ4v) is 2.30. The number of hydrogen-bond acceptors (Lipinski definition) is 2. The lowest BCUT2D eigenvalue weighted by molar-refractivity contribution is 0.248. The second kappa shape index (κ2) is 6.80. The van der Waals surface area contributed by atoms with E-state index in [0.717, 1.165) is 29.6 Å². The fourth-order valence-electron chi connectivity index (χ4n) is 2.30. The van der Waals surface area contributed by atoms with Gasteiger partial charge in [0, 0.05) is 24.5 Å². The molecule has 5 heteroatoms. The van der Waals surface area contributed by atoms with Gasteiger partial charge >= 0.3 is 6.03 Å². The maximum Gasteiger partial charge on any atom is 0.319 e. The van der Waals surface area contributed by atoms with Crippen LogP contribution in [0.3, 0.4) is 0 Å². The Bertz CT molecular complexity index is 668. The van der Waals surface area contributed by atoms with Crippen molar-refractivity contribution < 1.29 is 4.79 Å². The van der Waals surface area contributed by atoms with Gasteiger partial charge in [0.2, 0.25) is 0 Å². The Morgan fingerprint density at radius 1 is 1.38 bits per heavy atom. The maximum atomic E-state index is 11.9. The van der Waals surface area contributed by atoms with Crippen LogP contribution >= 0.6 is 0 Å². The van der Waals surface area contributed by atoms with Crippen molar-refractivity contribution in [1.82, 2.24) is 9.88 Å². The first kappa shape index (κ1) is 14.9. The molecule has 110 valence electrons. The number of aryl methyl sites for hydroxylation is 1. The molecule has 2 amide bonds. The highest BCUT2D eigenvalue weighted by Crippen LogP contribution is 2.20. The van der Waals surface area contributed by atoms with Crippen LogP contribution in [0, 0.1) is 11.3 Å². The number of rotatable bonds is 5. The van der Waals surface area contributed by atoms with Crippen LogP contribution in [-0.4, -0.2) is 16.6 Å². The first-order valence-electron chi connectivity index (χ1n) is 7.21. The molecule has 0 fully saturated rings. The lowest BCUT2D eigenvalue weighted by Gasteiger charge is -2.14. The van der Waals surface area contributed by atoms with E-state index in [-0.39, 0.29) is 12.1 Å². The molecule has 1 atom stereocenters. The number of carbonyl (C=O) groups is 1. The smallest absolute Gasteiger partial charge is 0.319 e. The van der Waals surface area contributed by atoms with Crippen LogP contribution in [0.15, 0.2) is 30.5 Å². The molecule has 5 nitrogen and oxygen atoms in total. The van der Waals surface area contributed by atoms with E-state index in [0.29, 0.717) is 6.42 Å². The van der Waals surface area contributed by atoms with E-state index in [1.165, 1.54) is 0 Å². The number of amides is 2. The van der Waals surface area contributed by atoms with Gasteiger partial charge in [-0.15, -0.1) is 0 Å². The predicted octanol–water partition coefficient (Wildman–Crippen LogP) is 3.47. The Morgan fingerprint density at radius 2 is 2.19 bits per heavy atom. The minimum atomic E-state index is -0.272. The van der Waals surface area contributed by atoms with E-state index in [4.69, 9.17) is 5.26 Å². The zero-order valence-electron chi connectivity index (χ0n) is 12.4. The van der Waals surface area contributed by atoms with Gasteiger partial charge < -0.3 is 15.2 Å². The van der Waals surface area contributed by atoms with Crippen molar-refractivity contribution in [2.75, 3.05) is 5.32 Å². The van der Waals surface area contributed by atoms with Crippen LogP contribution < -0.4 is 10.6 Å². The zero-order valence-corrected chi connectivity index (χ0v) is 12.4. The number of nitriles is 1. The van der Waals surface area contributed by atoms with Gasteiger partial charge in [-0.3, -0.25) is 0 Å². The first-order chi connectivity index (χ1) is 10.2. The van der Waals surface area contributed by atoms with E-state index in [1.54, 1.807) is 0 Å². The standard InChI is InChI=1S/C16H20N4O/c1-3-13(7-9-17)18-16(21)19-14-6-5-12-8-10-20(4-2)15(12)11-14/h5-6,8,10-11,13H,3-4,7H2,1-2H3,(H2,18,19,21)/t13-/m0/s1. The molecule has 0 saturated carbocycles. The summed E-state index contributed by atoms with van der Waals surface area (Å²) >= 11 is 0. The average molecular weight is 284 g/mol. The van der Waals surface area contributed by atoms with E-state index in [2.05, 4.69) is 34.3 Å². The highest BCUT2D eigenvalue weighted by atomic mass is 16.2. The average Bonchev–Trinajstić information content (AvgIpc) is 2.89. The van der Waals surface area contributed by atoms with E-state index < -0.39 is 0 Å². The summed E-state index contributed by atoms with van der Waals surface area (Å²) in [5.41, 5.74) is 1.85. The van der Waals surface area contributed by atoms with Crippen molar-refractivity contribution >= 4 is 22.6 Å². The summed E-state index contributed by atoms with van der Waals surface area (Å²) in [6, 6.07) is 9.59. The van der Waals surface area contributed by atoms with E-state index in [9.17, 15) is 4.79 Å². The monoisotopic (exact) mass is 284 g/mol. The van der Waals surface area contributed by atoms with Crippen molar-refractivity contribution in [2.24, 2.45) is 0 Å². The second-order valence-corrected chi connectivity index (χ2v) is 4.94. The van der Waals surface area contributed by atoms with Crippen molar-refractivity contribution in [3.63, 3.8) is 0 Å². The third-order valence-electron chi connectivity index (χ3n) is 3.54. The van der Waals surface area contributed by atoms with Crippen LogP contribution in [-0.2, 0) is 6.54 Å². The highest BCUT2D eigenvalue weighted by Gasteiger charge is 2.10. The number of anilines is 1. The van der Waals surface area contributed by atoms with Gasteiger partial charge in [0.25, 0.3) is 0 Å². The minimum absolute atomic E-state index is 0.113. The lowest BCUT2D eigenvalue weighted by Crippen LogP contribution is -2.37. The Kier molecular flexibility index (Phi) is 4.83. The number of hydrogen-bond donors (Lipinski definition) is 2. The molecule has 0 aliphatic rings. The maximum absolute atomic E-state index is 11.9. The topological polar surface area (TPSA) is 69.8 Å². The van der Waals surface area contributed by atoms with Crippen molar-refractivity contribution in [3.05, 3.63) is 30.5 Å². The lowest BCUT2D eigenvalue weighted by atomic mass is 10.2. The number of urea groups is 1. The molecular weight excluding hydrogens is 264 g/mol. The fraction of sp³-hybridized carbons (Fsp3) is 0.375. The third-order valence-corrected chi connectivity index (χ3v) is 3.54. The summed E-state index contributed by atoms with van der Waals surface area (Å²) in [7, 11) is 0. The molecule has 0 unspecified atom stereocenters. The third kappa shape index (κ3) is 3.54. The molecule has 0 radical (unpaired) electrons. The Labute approximate surface area is 124 Å². The summed E-state index contributed by atoms with van der Waals surface area (Å²) in [5.74, 6) is 0. The number of benzene rings is 1. The van der Waals surface area contributed by atoms with Crippen molar-refractivity contribution in [1.29, 1.82) is 5.26 Å². The number of aromatic nitrogens is 1. The molecule has 2 aromatic rings. The molecule has 0 aliphatic carbocycles. The van der Waals surface area contributed by atoms with Gasteiger partial charge in [-0.2, -0.15) is 5.26 Å². The molecule has 0 spiro atoms. The van der Waals surface area contributed by atoms with Crippen molar-refractivity contribution in [2.45, 2.75) is 39.3 Å². The first-order valence-corrected chi connectivity index (χ1v) is 7.21. The summed E-state index contributed by atoms with van der Waals surface area (Å²) in [6.07, 6.45) is 3.09. The summed E-state index contributed by atoms with van der Waals surface area (Å²) in [4.78, 5) is 11.9. The van der Waals surface area contributed by atoms with Gasteiger partial charge in [0.05, 0.1) is 18.0 Å². The molecular formula is C16H20N4O. The SMILES string of the molecule is CC[C@@H](CC#N)NC(=O)Nc1ccc2ccn(CC)c2c1. The summed E-state index contributed by atoms with van der Waals surface area (Å²) in [6.45, 7) is 4.92. The molecule has 0 saturated heterocycles. The quantitative estimate of drug-likeness (QED) is 0.882. The number of nitrogens with one attached hydrogen (secondary N) is 2. The summed E-state index contributed by atoms with van der Waals surface area (Å²) in [5, 5.41) is 15.5. The minimum Gasteiger partial charge on any atom is -0.348 e. The molecule has 0 aliphatic heterocycles. The van der Waals surface area contributed by atoms with Crippen LogP contribution in [0.4, 0.5) is 10.5 Å². The van der Waals surface area contributed by atoms with Gasteiger partial charge in [0.15, 0.2) is 0 Å². The molecule has 1 aromatic heterocycles. The van der Waals surface area contributed by atoms with Gasteiger partial charge in [-0.1, -0.05) is 13.0 Å². The number of nitrogens with zero attached hydrogens (tertiary/aromatic N) is 2. The molecule has 2 N–H and O–H groups in total. The van der Waals surface area contributed by atoms with Crippen LogP contribution in [0.2, 0.25) is 0 Å². The van der Waals surface area contributed by atoms with E-state index in [1.807, 2.05) is 31.3 Å². The van der Waals surface area contributed by atoms with Gasteiger partial charge in [-0.05, 0) is 36.9 Å². The Balaban J connectivity index is 2.08. The molecule has 0 bridgehead atoms. The molecule has 1 aromatic carbocycles. The van der Waals surface area contributed by atoms with Crippen LogP contribution in [0.25, 0.3) is 10.9 Å². The predicted molar refractivity (Wildman–Crippen MR) is 84.1 cm³/mol. The largest absolute Gasteiger partial charge is 0.348 e. The van der Waals surface area contributed by atoms with Gasteiger partial charge in [0.1, 0.15) is 0 Å². The Morgan fingerprint density at radius 3 is 2.86 bits per heavy atom. The van der Waals surface area contributed by atoms with Crippen LogP contribution in [0.5, 0.6) is 0 Å². The Hall–Kier alpha value is -2.48. The van der Waals surface area contributed by atoms with Crippen molar-refractivity contribution in [3.8, 4) is 6.07 Å². The van der Waals surface area contributed by atoms with E-state index >= 15 is 0 Å². The van der Waals surface area contributed by atoms with Crippen LogP contribution in [0.1, 0.15) is 26.7 Å².